The molecule has 0 aliphatic heterocycles. The summed E-state index contributed by atoms with van der Waals surface area (Å²) in [6.45, 7) is 0.489. The van der Waals surface area contributed by atoms with Gasteiger partial charge in [0.25, 0.3) is 0 Å². The maximum atomic E-state index is 13.0. The van der Waals surface area contributed by atoms with Crippen LogP contribution in [0.25, 0.3) is 0 Å². The molecule has 0 fully saturated rings. The van der Waals surface area contributed by atoms with Gasteiger partial charge >= 0.3 is 0 Å². The molecule has 88 valence electrons. The van der Waals surface area contributed by atoms with Gasteiger partial charge in [-0.05, 0) is 46.3 Å². The minimum Gasteiger partial charge on any atom is -0.378 e. The van der Waals surface area contributed by atoms with Crippen molar-refractivity contribution in [1.29, 1.82) is 0 Å². The van der Waals surface area contributed by atoms with E-state index in [2.05, 4.69) is 26.2 Å². The van der Waals surface area contributed by atoms with E-state index in [1.165, 1.54) is 18.2 Å². The third-order valence-electron chi connectivity index (χ3n) is 2.16. The fourth-order valence-electron chi connectivity index (χ4n) is 1.37. The molecule has 0 radical (unpaired) electrons. The van der Waals surface area contributed by atoms with Crippen molar-refractivity contribution in [2.24, 2.45) is 0 Å². The summed E-state index contributed by atoms with van der Waals surface area (Å²) in [4.78, 5) is 4.26. The highest BCUT2D eigenvalue weighted by atomic mass is 79.9. The van der Waals surface area contributed by atoms with E-state index in [0.29, 0.717) is 17.3 Å². The number of hydrogen-bond donors (Lipinski definition) is 1. The molecule has 0 bridgehead atoms. The molecule has 17 heavy (non-hydrogen) atoms. The van der Waals surface area contributed by atoms with Crippen molar-refractivity contribution in [3.05, 3.63) is 57.5 Å². The van der Waals surface area contributed by atoms with Crippen LogP contribution < -0.4 is 5.32 Å². The highest BCUT2D eigenvalue weighted by Gasteiger charge is 2.02. The fourth-order valence-corrected chi connectivity index (χ4v) is 1.93. The normalized spacial score (nSPS) is 10.3. The molecule has 0 amide bonds. The van der Waals surface area contributed by atoms with Gasteiger partial charge in [0.15, 0.2) is 0 Å². The van der Waals surface area contributed by atoms with Gasteiger partial charge in [0.1, 0.15) is 10.4 Å². The molecule has 0 spiro atoms. The smallest absolute Gasteiger partial charge is 0.125 e. The molecular formula is C12H9BrClFN2. The third-order valence-corrected chi connectivity index (χ3v) is 2.93. The minimum atomic E-state index is -0.320. The second-order valence-electron chi connectivity index (χ2n) is 3.43. The van der Waals surface area contributed by atoms with Gasteiger partial charge in [-0.2, -0.15) is 0 Å². The summed E-state index contributed by atoms with van der Waals surface area (Å²) in [6.07, 6.45) is 0. The number of rotatable bonds is 3. The average molecular weight is 316 g/mol. The van der Waals surface area contributed by atoms with E-state index in [-0.39, 0.29) is 5.82 Å². The molecular weight excluding hydrogens is 307 g/mol. The summed E-state index contributed by atoms with van der Waals surface area (Å²) in [7, 11) is 0. The van der Waals surface area contributed by atoms with E-state index in [0.717, 1.165) is 10.3 Å². The van der Waals surface area contributed by atoms with Gasteiger partial charge in [-0.3, -0.25) is 0 Å². The Hall–Kier alpha value is -1.13. The summed E-state index contributed by atoms with van der Waals surface area (Å²) >= 11 is 9.22. The molecule has 0 saturated carbocycles. The second-order valence-corrected chi connectivity index (χ2v) is 4.65. The first-order valence-corrected chi connectivity index (χ1v) is 6.12. The van der Waals surface area contributed by atoms with Crippen molar-refractivity contribution >= 4 is 33.2 Å². The van der Waals surface area contributed by atoms with E-state index in [4.69, 9.17) is 11.6 Å². The highest BCUT2D eigenvalue weighted by Crippen LogP contribution is 2.22. The molecule has 0 unspecified atom stereocenters. The van der Waals surface area contributed by atoms with Crippen molar-refractivity contribution in [3.63, 3.8) is 0 Å². The summed E-state index contributed by atoms with van der Waals surface area (Å²) in [5.41, 5.74) is 1.41. The predicted octanol–water partition coefficient (Wildman–Crippen LogP) is 4.25. The van der Waals surface area contributed by atoms with Crippen LogP contribution in [0.3, 0.4) is 0 Å². The largest absolute Gasteiger partial charge is 0.378 e. The first-order chi connectivity index (χ1) is 8.15. The Morgan fingerprint density at radius 2 is 2.12 bits per heavy atom. The number of hydrogen-bond acceptors (Lipinski definition) is 2. The molecule has 1 aromatic carbocycles. The fraction of sp³-hybridized carbons (Fsp3) is 0.0833. The van der Waals surface area contributed by atoms with E-state index in [1.807, 2.05) is 18.2 Å². The minimum absolute atomic E-state index is 0.320. The van der Waals surface area contributed by atoms with Crippen LogP contribution in [0.5, 0.6) is 0 Å². The van der Waals surface area contributed by atoms with Crippen LogP contribution in [0, 0.1) is 5.82 Å². The number of aromatic nitrogens is 1. The van der Waals surface area contributed by atoms with Crippen molar-refractivity contribution < 1.29 is 4.39 Å². The zero-order valence-electron chi connectivity index (χ0n) is 8.75. The number of pyridine rings is 1. The topological polar surface area (TPSA) is 24.9 Å². The molecule has 2 aromatic rings. The van der Waals surface area contributed by atoms with Gasteiger partial charge < -0.3 is 5.32 Å². The molecule has 0 atom stereocenters. The lowest BCUT2D eigenvalue weighted by Crippen LogP contribution is -2.02. The summed E-state index contributed by atoms with van der Waals surface area (Å²) in [5, 5.41) is 3.53. The Morgan fingerprint density at radius 1 is 1.29 bits per heavy atom. The second kappa shape index (κ2) is 5.47. The van der Waals surface area contributed by atoms with Crippen LogP contribution >= 0.6 is 27.5 Å². The van der Waals surface area contributed by atoms with E-state index in [9.17, 15) is 4.39 Å². The summed E-state index contributed by atoms with van der Waals surface area (Å²) < 4.78 is 13.8. The van der Waals surface area contributed by atoms with Gasteiger partial charge in [-0.25, -0.2) is 9.37 Å². The number of nitrogens with zero attached hydrogens (tertiary/aromatic N) is 1. The highest BCUT2D eigenvalue weighted by molar-refractivity contribution is 9.10. The molecule has 0 aliphatic rings. The Labute approximate surface area is 112 Å². The summed E-state index contributed by atoms with van der Waals surface area (Å²) in [5.74, 6) is -0.320. The maximum absolute atomic E-state index is 13.0. The van der Waals surface area contributed by atoms with Gasteiger partial charge in [0.2, 0.25) is 0 Å². The Morgan fingerprint density at radius 3 is 2.88 bits per heavy atom. The molecule has 0 aliphatic carbocycles. The quantitative estimate of drug-likeness (QED) is 0.857. The third kappa shape index (κ3) is 3.41. The van der Waals surface area contributed by atoms with Crippen LogP contribution in [0.15, 0.2) is 41.0 Å². The number of halogens is 3. The van der Waals surface area contributed by atoms with Crippen molar-refractivity contribution in [2.75, 3.05) is 5.32 Å². The Bertz CT molecular complexity index is 534. The molecule has 1 aromatic heterocycles. The van der Waals surface area contributed by atoms with E-state index in [1.54, 1.807) is 0 Å². The standard InChI is InChI=1S/C12H9BrClFN2/c13-12-3-1-2-9(17-12)7-16-11-6-8(15)4-5-10(11)14/h1-6,16H,7H2. The van der Waals surface area contributed by atoms with Crippen LogP contribution in [0.1, 0.15) is 5.69 Å². The van der Waals surface area contributed by atoms with Crippen LogP contribution in [-0.4, -0.2) is 4.98 Å². The monoisotopic (exact) mass is 314 g/mol. The van der Waals surface area contributed by atoms with Crippen molar-refractivity contribution in [1.82, 2.24) is 4.98 Å². The SMILES string of the molecule is Fc1ccc(Cl)c(NCc2cccc(Br)n2)c1. The number of nitrogens with one attached hydrogen (secondary N) is 1. The molecule has 1 heterocycles. The van der Waals surface area contributed by atoms with Gasteiger partial charge in [-0.15, -0.1) is 0 Å². The lowest BCUT2D eigenvalue weighted by Gasteiger charge is -2.08. The molecule has 1 N–H and O–H groups in total. The maximum Gasteiger partial charge on any atom is 0.125 e. The Balaban J connectivity index is 2.09. The first kappa shape index (κ1) is 12.3. The van der Waals surface area contributed by atoms with Gasteiger partial charge in [0.05, 0.1) is 22.9 Å². The van der Waals surface area contributed by atoms with Gasteiger partial charge in [-0.1, -0.05) is 17.7 Å². The number of benzene rings is 1. The molecule has 2 rings (SSSR count). The predicted molar refractivity (Wildman–Crippen MR) is 70.7 cm³/mol. The molecule has 0 saturated heterocycles. The van der Waals surface area contributed by atoms with Crippen LogP contribution in [0.2, 0.25) is 5.02 Å². The zero-order valence-corrected chi connectivity index (χ0v) is 11.1. The lowest BCUT2D eigenvalue weighted by molar-refractivity contribution is 0.628. The van der Waals surface area contributed by atoms with E-state index >= 15 is 0 Å². The number of anilines is 1. The van der Waals surface area contributed by atoms with Crippen molar-refractivity contribution in [3.8, 4) is 0 Å². The van der Waals surface area contributed by atoms with Gasteiger partial charge in [0, 0.05) is 0 Å². The van der Waals surface area contributed by atoms with E-state index < -0.39 is 0 Å². The van der Waals surface area contributed by atoms with Crippen LogP contribution in [0.4, 0.5) is 10.1 Å². The molecule has 2 nitrogen and oxygen atoms in total. The Kier molecular flexibility index (Phi) is 3.97. The van der Waals surface area contributed by atoms with Crippen molar-refractivity contribution in [2.45, 2.75) is 6.54 Å². The van der Waals surface area contributed by atoms with Crippen LogP contribution in [-0.2, 0) is 6.54 Å². The summed E-state index contributed by atoms with van der Waals surface area (Å²) in [6, 6.07) is 9.82. The molecule has 5 heteroatoms. The zero-order chi connectivity index (χ0) is 12.3. The first-order valence-electron chi connectivity index (χ1n) is 4.95. The average Bonchev–Trinajstić information content (AvgIpc) is 2.30. The lowest BCUT2D eigenvalue weighted by atomic mass is 10.3.